The average Bonchev–Trinajstić information content (AvgIpc) is 3.27. The number of nitro benzene ring substituents is 1. The standard InChI is InChI=1S/C20H17N3O5S/c1-27-17-5-2-4-15(12-21-22-20(24)18-6-3-11-29-18)19(17)28-13-14-7-9-16(10-8-14)23(25)26/h2-12H,13H2,1H3,(H,22,24)/b21-12-. The number of para-hydroxylation sites is 1. The number of nitrogens with zero attached hydrogens (tertiary/aromatic N) is 2. The number of carbonyl (C=O) groups is 1. The molecule has 148 valence electrons. The van der Waals surface area contributed by atoms with Gasteiger partial charge in [-0.05, 0) is 41.3 Å². The molecule has 8 nitrogen and oxygen atoms in total. The number of rotatable bonds is 8. The lowest BCUT2D eigenvalue weighted by Crippen LogP contribution is -2.16. The van der Waals surface area contributed by atoms with E-state index in [0.29, 0.717) is 21.9 Å². The summed E-state index contributed by atoms with van der Waals surface area (Å²) in [6, 6.07) is 14.9. The predicted molar refractivity (Wildman–Crippen MR) is 110 cm³/mol. The fourth-order valence-electron chi connectivity index (χ4n) is 2.44. The highest BCUT2D eigenvalue weighted by atomic mass is 32.1. The van der Waals surface area contributed by atoms with Crippen molar-refractivity contribution >= 4 is 29.1 Å². The van der Waals surface area contributed by atoms with Gasteiger partial charge in [0.05, 0.1) is 23.1 Å². The molecule has 0 atom stereocenters. The molecular weight excluding hydrogens is 394 g/mol. The van der Waals surface area contributed by atoms with Crippen molar-refractivity contribution in [2.24, 2.45) is 5.10 Å². The van der Waals surface area contributed by atoms with E-state index in [-0.39, 0.29) is 18.2 Å². The smallest absolute Gasteiger partial charge is 0.281 e. The maximum Gasteiger partial charge on any atom is 0.281 e. The van der Waals surface area contributed by atoms with Crippen molar-refractivity contribution in [1.29, 1.82) is 0 Å². The zero-order chi connectivity index (χ0) is 20.6. The van der Waals surface area contributed by atoms with E-state index in [9.17, 15) is 14.9 Å². The summed E-state index contributed by atoms with van der Waals surface area (Å²) < 4.78 is 11.2. The Hall–Kier alpha value is -3.72. The fourth-order valence-corrected chi connectivity index (χ4v) is 3.06. The maximum absolute atomic E-state index is 12.0. The molecule has 1 aromatic heterocycles. The number of nitro groups is 1. The number of non-ortho nitro benzene ring substituents is 1. The summed E-state index contributed by atoms with van der Waals surface area (Å²) in [4.78, 5) is 22.8. The molecule has 1 amide bonds. The molecule has 3 aromatic rings. The Bertz CT molecular complexity index is 1020. The van der Waals surface area contributed by atoms with E-state index in [0.717, 1.165) is 5.56 Å². The number of hydrogen-bond donors (Lipinski definition) is 1. The molecule has 2 aromatic carbocycles. The van der Waals surface area contributed by atoms with Crippen LogP contribution in [0.1, 0.15) is 20.8 Å². The molecule has 1 heterocycles. The topological polar surface area (TPSA) is 103 Å². The van der Waals surface area contributed by atoms with Gasteiger partial charge in [-0.15, -0.1) is 11.3 Å². The molecule has 0 bridgehead atoms. The number of nitrogens with one attached hydrogen (secondary N) is 1. The molecule has 0 aliphatic rings. The van der Waals surface area contributed by atoms with E-state index in [1.807, 2.05) is 5.38 Å². The second-order valence-corrected chi connectivity index (χ2v) is 6.71. The molecule has 0 fully saturated rings. The van der Waals surface area contributed by atoms with Crippen molar-refractivity contribution in [3.8, 4) is 11.5 Å². The number of hydrazone groups is 1. The molecule has 9 heteroatoms. The van der Waals surface area contributed by atoms with Gasteiger partial charge in [0.15, 0.2) is 11.5 Å². The molecule has 29 heavy (non-hydrogen) atoms. The Balaban J connectivity index is 1.72. The van der Waals surface area contributed by atoms with E-state index in [1.165, 1.54) is 36.8 Å². The summed E-state index contributed by atoms with van der Waals surface area (Å²) in [6.07, 6.45) is 1.47. The molecule has 0 unspecified atom stereocenters. The van der Waals surface area contributed by atoms with Crippen LogP contribution in [-0.4, -0.2) is 24.2 Å². The van der Waals surface area contributed by atoms with Gasteiger partial charge in [0, 0.05) is 17.7 Å². The highest BCUT2D eigenvalue weighted by Crippen LogP contribution is 2.31. The maximum atomic E-state index is 12.0. The number of thiophene rings is 1. The van der Waals surface area contributed by atoms with Crippen LogP contribution in [0.5, 0.6) is 11.5 Å². The quantitative estimate of drug-likeness (QED) is 0.343. The zero-order valence-electron chi connectivity index (χ0n) is 15.4. The van der Waals surface area contributed by atoms with Crippen LogP contribution in [-0.2, 0) is 6.61 Å². The van der Waals surface area contributed by atoms with Gasteiger partial charge in [-0.1, -0.05) is 12.1 Å². The predicted octanol–water partition coefficient (Wildman–Crippen LogP) is 4.01. The Kier molecular flexibility index (Phi) is 6.54. The van der Waals surface area contributed by atoms with Gasteiger partial charge in [-0.2, -0.15) is 5.10 Å². The summed E-state index contributed by atoms with van der Waals surface area (Å²) in [5.41, 5.74) is 3.85. The molecule has 3 rings (SSSR count). The molecule has 0 radical (unpaired) electrons. The third-order valence-corrected chi connectivity index (χ3v) is 4.74. The minimum atomic E-state index is -0.454. The second-order valence-electron chi connectivity index (χ2n) is 5.77. The number of benzene rings is 2. The molecule has 0 saturated carbocycles. The van der Waals surface area contributed by atoms with Crippen molar-refractivity contribution in [3.05, 3.63) is 86.1 Å². The summed E-state index contributed by atoms with van der Waals surface area (Å²) in [7, 11) is 1.52. The van der Waals surface area contributed by atoms with Gasteiger partial charge in [0.2, 0.25) is 0 Å². The Morgan fingerprint density at radius 3 is 2.66 bits per heavy atom. The van der Waals surface area contributed by atoms with Crippen LogP contribution in [0, 0.1) is 10.1 Å². The first-order valence-corrected chi connectivity index (χ1v) is 9.36. The van der Waals surface area contributed by atoms with E-state index >= 15 is 0 Å². The van der Waals surface area contributed by atoms with Crippen LogP contribution < -0.4 is 14.9 Å². The summed E-state index contributed by atoms with van der Waals surface area (Å²) in [5.74, 6) is 0.649. The Morgan fingerprint density at radius 1 is 1.21 bits per heavy atom. The lowest BCUT2D eigenvalue weighted by Gasteiger charge is -2.13. The van der Waals surface area contributed by atoms with Crippen molar-refractivity contribution in [2.45, 2.75) is 6.61 Å². The number of amides is 1. The largest absolute Gasteiger partial charge is 0.493 e. The highest BCUT2D eigenvalue weighted by Gasteiger charge is 2.11. The van der Waals surface area contributed by atoms with Crippen molar-refractivity contribution in [1.82, 2.24) is 5.43 Å². The molecule has 1 N–H and O–H groups in total. The Morgan fingerprint density at radius 2 is 2.00 bits per heavy atom. The van der Waals surface area contributed by atoms with Crippen LogP contribution in [0.2, 0.25) is 0 Å². The van der Waals surface area contributed by atoms with E-state index in [1.54, 1.807) is 42.5 Å². The highest BCUT2D eigenvalue weighted by molar-refractivity contribution is 7.12. The molecule has 0 saturated heterocycles. The van der Waals surface area contributed by atoms with Crippen LogP contribution >= 0.6 is 11.3 Å². The SMILES string of the molecule is COc1cccc(/C=N\NC(=O)c2cccs2)c1OCc1ccc([N+](=O)[O-])cc1. The van der Waals surface area contributed by atoms with Gasteiger partial charge in [0.25, 0.3) is 11.6 Å². The number of hydrogen-bond acceptors (Lipinski definition) is 7. The third kappa shape index (κ3) is 5.17. The number of methoxy groups -OCH3 is 1. The normalized spacial score (nSPS) is 10.7. The molecule has 0 aliphatic heterocycles. The first-order valence-electron chi connectivity index (χ1n) is 8.48. The van der Waals surface area contributed by atoms with Gasteiger partial charge in [-0.3, -0.25) is 14.9 Å². The van der Waals surface area contributed by atoms with Crippen molar-refractivity contribution < 1.29 is 19.2 Å². The molecular formula is C20H17N3O5S. The van der Waals surface area contributed by atoms with Gasteiger partial charge in [0.1, 0.15) is 6.61 Å². The Labute approximate surface area is 170 Å². The van der Waals surface area contributed by atoms with Crippen LogP contribution in [0.15, 0.2) is 65.1 Å². The molecule has 0 aliphatic carbocycles. The van der Waals surface area contributed by atoms with Gasteiger partial charge < -0.3 is 9.47 Å². The van der Waals surface area contributed by atoms with E-state index in [2.05, 4.69) is 10.5 Å². The van der Waals surface area contributed by atoms with Crippen LogP contribution in [0.25, 0.3) is 0 Å². The lowest BCUT2D eigenvalue weighted by molar-refractivity contribution is -0.384. The first kappa shape index (κ1) is 20.0. The zero-order valence-corrected chi connectivity index (χ0v) is 16.2. The fraction of sp³-hybridized carbons (Fsp3) is 0.100. The first-order chi connectivity index (χ1) is 14.1. The van der Waals surface area contributed by atoms with Crippen molar-refractivity contribution in [3.63, 3.8) is 0 Å². The molecule has 0 spiro atoms. The summed E-state index contributed by atoms with van der Waals surface area (Å²) >= 11 is 1.32. The van der Waals surface area contributed by atoms with Crippen LogP contribution in [0.3, 0.4) is 0 Å². The number of ether oxygens (including phenoxy) is 2. The summed E-state index contributed by atoms with van der Waals surface area (Å²) in [5, 5.41) is 16.6. The number of carbonyl (C=O) groups excluding carboxylic acids is 1. The third-order valence-electron chi connectivity index (χ3n) is 3.87. The minimum absolute atomic E-state index is 0.0142. The summed E-state index contributed by atoms with van der Waals surface area (Å²) in [6.45, 7) is 0.181. The average molecular weight is 411 g/mol. The second kappa shape index (κ2) is 9.47. The van der Waals surface area contributed by atoms with Gasteiger partial charge >= 0.3 is 0 Å². The van der Waals surface area contributed by atoms with E-state index in [4.69, 9.17) is 9.47 Å². The van der Waals surface area contributed by atoms with Crippen molar-refractivity contribution in [2.75, 3.05) is 7.11 Å². The van der Waals surface area contributed by atoms with Gasteiger partial charge in [-0.25, -0.2) is 5.43 Å². The van der Waals surface area contributed by atoms with E-state index < -0.39 is 4.92 Å². The minimum Gasteiger partial charge on any atom is -0.493 e. The van der Waals surface area contributed by atoms with Crippen LogP contribution in [0.4, 0.5) is 5.69 Å². The lowest BCUT2D eigenvalue weighted by atomic mass is 10.2. The monoisotopic (exact) mass is 411 g/mol.